The first-order chi connectivity index (χ1) is 9.93. The smallest absolute Gasteiger partial charge is 0.266 e. The molecule has 21 heavy (non-hydrogen) atoms. The maximum atomic E-state index is 13.9. The Bertz CT molecular complexity index is 775. The second kappa shape index (κ2) is 5.09. The molecule has 1 aliphatic heterocycles. The van der Waals surface area contributed by atoms with Gasteiger partial charge in [0.15, 0.2) is 5.82 Å². The fraction of sp³-hybridized carbons (Fsp3) is 0. The predicted molar refractivity (Wildman–Crippen MR) is 81.7 cm³/mol. The molecule has 0 saturated heterocycles. The zero-order valence-corrected chi connectivity index (χ0v) is 13.3. The third-order valence-corrected chi connectivity index (χ3v) is 4.33. The molecular weight excluding hydrogens is 384 g/mol. The Balaban J connectivity index is 2.23. The quantitative estimate of drug-likeness (QED) is 0.403. The molecule has 1 heterocycles. The zero-order chi connectivity index (χ0) is 15.3. The number of carbonyl (C=O) groups excluding carboxylic acids is 2. The number of rotatable bonds is 1. The summed E-state index contributed by atoms with van der Waals surface area (Å²) in [6.07, 6.45) is 0. The average Bonchev–Trinajstić information content (AvgIpc) is 2.71. The third-order valence-electron chi connectivity index (χ3n) is 3.11. The van der Waals surface area contributed by atoms with E-state index >= 15 is 0 Å². The van der Waals surface area contributed by atoms with Gasteiger partial charge in [0.1, 0.15) is 5.02 Å². The Labute approximate surface area is 137 Å². The van der Waals surface area contributed by atoms with E-state index in [2.05, 4.69) is 15.9 Å². The molecule has 3 nitrogen and oxygen atoms in total. The standard InChI is InChI=1S/C14H5BrCl2FNO2/c15-8-5-9(16)11(18)10(17)12(8)19-13(20)6-3-1-2-4-7(6)14(19)21/h1-5H. The summed E-state index contributed by atoms with van der Waals surface area (Å²) in [6.45, 7) is 0. The molecule has 1 aliphatic rings. The minimum absolute atomic E-state index is 0.0511. The lowest BCUT2D eigenvalue weighted by Crippen LogP contribution is -2.30. The van der Waals surface area contributed by atoms with E-state index < -0.39 is 17.6 Å². The molecule has 0 N–H and O–H groups in total. The van der Waals surface area contributed by atoms with Crippen LogP contribution >= 0.6 is 39.1 Å². The van der Waals surface area contributed by atoms with Gasteiger partial charge in [-0.2, -0.15) is 0 Å². The van der Waals surface area contributed by atoms with Gasteiger partial charge in [0.25, 0.3) is 11.8 Å². The number of hydrogen-bond acceptors (Lipinski definition) is 2. The molecule has 0 aliphatic carbocycles. The summed E-state index contributed by atoms with van der Waals surface area (Å²) in [4.78, 5) is 25.6. The maximum Gasteiger partial charge on any atom is 0.266 e. The van der Waals surface area contributed by atoms with Gasteiger partial charge in [-0.15, -0.1) is 0 Å². The Morgan fingerprint density at radius 3 is 2.10 bits per heavy atom. The number of carbonyl (C=O) groups is 2. The lowest BCUT2D eigenvalue weighted by atomic mass is 10.1. The summed E-state index contributed by atoms with van der Waals surface area (Å²) < 4.78 is 14.1. The van der Waals surface area contributed by atoms with Gasteiger partial charge in [-0.05, 0) is 34.1 Å². The SMILES string of the molecule is O=C1c2ccccc2C(=O)N1c1c(Br)cc(Cl)c(F)c1Cl. The summed E-state index contributed by atoms with van der Waals surface area (Å²) in [5.41, 5.74) is 0.450. The Morgan fingerprint density at radius 1 is 1.05 bits per heavy atom. The number of amides is 2. The van der Waals surface area contributed by atoms with E-state index in [9.17, 15) is 14.0 Å². The van der Waals surface area contributed by atoms with E-state index in [0.717, 1.165) is 4.90 Å². The highest BCUT2D eigenvalue weighted by Crippen LogP contribution is 2.42. The molecule has 0 bridgehead atoms. The highest BCUT2D eigenvalue weighted by atomic mass is 79.9. The van der Waals surface area contributed by atoms with Crippen LogP contribution in [0.25, 0.3) is 0 Å². The van der Waals surface area contributed by atoms with E-state index in [1.54, 1.807) is 12.1 Å². The lowest BCUT2D eigenvalue weighted by Gasteiger charge is -2.18. The highest BCUT2D eigenvalue weighted by Gasteiger charge is 2.39. The van der Waals surface area contributed by atoms with Crippen LogP contribution in [-0.4, -0.2) is 11.8 Å². The van der Waals surface area contributed by atoms with Crippen molar-refractivity contribution in [1.29, 1.82) is 0 Å². The van der Waals surface area contributed by atoms with Crippen LogP contribution in [0, 0.1) is 5.82 Å². The number of imide groups is 1. The van der Waals surface area contributed by atoms with Gasteiger partial charge in [-0.25, -0.2) is 9.29 Å². The first-order valence-corrected chi connectivity index (χ1v) is 7.29. The van der Waals surface area contributed by atoms with Crippen molar-refractivity contribution in [2.24, 2.45) is 0 Å². The molecule has 0 fully saturated rings. The lowest BCUT2D eigenvalue weighted by molar-refractivity contribution is 0.0926. The first-order valence-electron chi connectivity index (χ1n) is 5.74. The maximum absolute atomic E-state index is 13.9. The van der Waals surface area contributed by atoms with E-state index in [4.69, 9.17) is 23.2 Å². The van der Waals surface area contributed by atoms with Gasteiger partial charge >= 0.3 is 0 Å². The molecule has 106 valence electrons. The molecule has 0 saturated carbocycles. The molecule has 2 aromatic carbocycles. The molecule has 2 aromatic rings. The van der Waals surface area contributed by atoms with Gasteiger partial charge in [0.05, 0.1) is 21.8 Å². The number of nitrogens with zero attached hydrogens (tertiary/aromatic N) is 1. The van der Waals surface area contributed by atoms with Crippen molar-refractivity contribution >= 4 is 56.6 Å². The number of hydrogen-bond donors (Lipinski definition) is 0. The van der Waals surface area contributed by atoms with E-state index in [0.29, 0.717) is 0 Å². The second-order valence-corrected chi connectivity index (χ2v) is 5.95. The molecule has 7 heteroatoms. The number of fused-ring (bicyclic) bond motifs is 1. The van der Waals surface area contributed by atoms with Gasteiger partial charge in [-0.3, -0.25) is 9.59 Å². The van der Waals surface area contributed by atoms with Gasteiger partial charge in [0.2, 0.25) is 0 Å². The van der Waals surface area contributed by atoms with Crippen LogP contribution in [0.1, 0.15) is 20.7 Å². The predicted octanol–water partition coefficient (Wildman–Crippen LogP) is 4.70. The molecule has 0 spiro atoms. The van der Waals surface area contributed by atoms with E-state index in [-0.39, 0.29) is 31.3 Å². The van der Waals surface area contributed by atoms with Crippen LogP contribution in [0.3, 0.4) is 0 Å². The minimum Gasteiger partial charge on any atom is -0.268 e. The molecule has 3 rings (SSSR count). The molecule has 0 aromatic heterocycles. The van der Waals surface area contributed by atoms with Crippen molar-refractivity contribution in [3.05, 3.63) is 61.8 Å². The fourth-order valence-electron chi connectivity index (χ4n) is 2.15. The molecule has 0 atom stereocenters. The summed E-state index contributed by atoms with van der Waals surface area (Å²) in [7, 11) is 0. The summed E-state index contributed by atoms with van der Waals surface area (Å²) in [5, 5.41) is -0.587. The fourth-order valence-corrected chi connectivity index (χ4v) is 3.54. The van der Waals surface area contributed by atoms with Crippen molar-refractivity contribution in [1.82, 2.24) is 0 Å². The summed E-state index contributed by atoms with van der Waals surface area (Å²) in [5.74, 6) is -1.99. The van der Waals surface area contributed by atoms with E-state index in [1.807, 2.05) is 0 Å². The topological polar surface area (TPSA) is 37.4 Å². The van der Waals surface area contributed by atoms with Crippen molar-refractivity contribution < 1.29 is 14.0 Å². The van der Waals surface area contributed by atoms with Crippen LogP contribution in [0.15, 0.2) is 34.8 Å². The molecule has 0 unspecified atom stereocenters. The van der Waals surface area contributed by atoms with Gasteiger partial charge < -0.3 is 0 Å². The van der Waals surface area contributed by atoms with Crippen LogP contribution < -0.4 is 4.90 Å². The van der Waals surface area contributed by atoms with Gasteiger partial charge in [0, 0.05) is 4.47 Å². The third kappa shape index (κ3) is 2.08. The largest absolute Gasteiger partial charge is 0.268 e. The molecule has 2 amide bonds. The van der Waals surface area contributed by atoms with Crippen molar-refractivity contribution in [2.45, 2.75) is 0 Å². The monoisotopic (exact) mass is 387 g/mol. The number of anilines is 1. The zero-order valence-electron chi connectivity index (χ0n) is 10.2. The van der Waals surface area contributed by atoms with E-state index in [1.165, 1.54) is 18.2 Å². The summed E-state index contributed by atoms with van der Waals surface area (Å²) in [6, 6.07) is 7.61. The van der Waals surface area contributed by atoms with Crippen LogP contribution in [0.5, 0.6) is 0 Å². The van der Waals surface area contributed by atoms with Crippen LogP contribution in [0.4, 0.5) is 10.1 Å². The number of halogens is 4. The van der Waals surface area contributed by atoms with Crippen molar-refractivity contribution in [3.63, 3.8) is 0 Å². The average molecular weight is 389 g/mol. The second-order valence-electron chi connectivity index (χ2n) is 4.31. The summed E-state index contributed by atoms with van der Waals surface area (Å²) >= 11 is 14.8. The Morgan fingerprint density at radius 2 is 1.57 bits per heavy atom. The van der Waals surface area contributed by atoms with Crippen molar-refractivity contribution in [3.8, 4) is 0 Å². The van der Waals surface area contributed by atoms with Crippen LogP contribution in [-0.2, 0) is 0 Å². The first kappa shape index (κ1) is 14.5. The number of benzene rings is 2. The highest BCUT2D eigenvalue weighted by molar-refractivity contribution is 9.10. The normalized spacial score (nSPS) is 13.8. The van der Waals surface area contributed by atoms with Crippen LogP contribution in [0.2, 0.25) is 10.0 Å². The van der Waals surface area contributed by atoms with Crippen molar-refractivity contribution in [2.75, 3.05) is 4.90 Å². The molecular formula is C14H5BrCl2FNO2. The Hall–Kier alpha value is -1.43. The Kier molecular flexibility index (Phi) is 3.51. The molecule has 0 radical (unpaired) electrons. The van der Waals surface area contributed by atoms with Gasteiger partial charge in [-0.1, -0.05) is 35.3 Å². The minimum atomic E-state index is -0.881.